The first-order chi connectivity index (χ1) is 10.3. The highest BCUT2D eigenvalue weighted by Gasteiger charge is 2.07. The molecule has 0 saturated heterocycles. The van der Waals surface area contributed by atoms with Crippen LogP contribution in [0.4, 0.5) is 0 Å². The van der Waals surface area contributed by atoms with Crippen LogP contribution in [0.3, 0.4) is 0 Å². The van der Waals surface area contributed by atoms with Crippen LogP contribution in [-0.2, 0) is 6.42 Å². The standard InChI is InChI=1S/C18H18N2O/c1-2-3-6-13-9-11-14(12-10-13)17-15-7-4-5-8-16(15)18(21)20-19-17/h4-5,7-12H,2-3,6H2,1H3,(H,20,21). The van der Waals surface area contributed by atoms with Gasteiger partial charge in [0.2, 0.25) is 0 Å². The highest BCUT2D eigenvalue weighted by molar-refractivity contribution is 5.93. The third kappa shape index (κ3) is 2.72. The first-order valence-electron chi connectivity index (χ1n) is 7.36. The number of aromatic amines is 1. The van der Waals surface area contributed by atoms with Crippen LogP contribution < -0.4 is 5.56 Å². The Morgan fingerprint density at radius 3 is 2.43 bits per heavy atom. The molecule has 3 heteroatoms. The molecule has 0 amide bonds. The zero-order chi connectivity index (χ0) is 14.7. The molecular formula is C18H18N2O. The van der Waals surface area contributed by atoms with Crippen molar-refractivity contribution in [1.82, 2.24) is 10.2 Å². The second-order valence-corrected chi connectivity index (χ2v) is 5.25. The number of rotatable bonds is 4. The lowest BCUT2D eigenvalue weighted by Crippen LogP contribution is -2.09. The van der Waals surface area contributed by atoms with Gasteiger partial charge in [0, 0.05) is 10.9 Å². The Morgan fingerprint density at radius 2 is 1.71 bits per heavy atom. The highest BCUT2D eigenvalue weighted by Crippen LogP contribution is 2.24. The predicted molar refractivity (Wildman–Crippen MR) is 86.4 cm³/mol. The van der Waals surface area contributed by atoms with Crippen molar-refractivity contribution in [1.29, 1.82) is 0 Å². The van der Waals surface area contributed by atoms with Crippen LogP contribution >= 0.6 is 0 Å². The Hall–Kier alpha value is -2.42. The van der Waals surface area contributed by atoms with Crippen LogP contribution in [0.25, 0.3) is 22.0 Å². The van der Waals surface area contributed by atoms with Crippen LogP contribution in [0.5, 0.6) is 0 Å². The summed E-state index contributed by atoms with van der Waals surface area (Å²) in [6.07, 6.45) is 3.52. The number of fused-ring (bicyclic) bond motifs is 1. The van der Waals surface area contributed by atoms with Crippen molar-refractivity contribution >= 4 is 10.8 Å². The van der Waals surface area contributed by atoms with Gasteiger partial charge in [-0.2, -0.15) is 5.10 Å². The predicted octanol–water partition coefficient (Wildman–Crippen LogP) is 3.93. The number of hydrogen-bond donors (Lipinski definition) is 1. The molecule has 0 unspecified atom stereocenters. The molecule has 1 aromatic heterocycles. The number of aromatic nitrogens is 2. The lowest BCUT2D eigenvalue weighted by molar-refractivity contribution is 0.795. The van der Waals surface area contributed by atoms with Crippen molar-refractivity contribution < 1.29 is 0 Å². The fourth-order valence-electron chi connectivity index (χ4n) is 2.54. The molecule has 0 aliphatic heterocycles. The third-order valence-electron chi connectivity index (χ3n) is 3.74. The molecule has 0 aliphatic carbocycles. The highest BCUT2D eigenvalue weighted by atomic mass is 16.1. The van der Waals surface area contributed by atoms with E-state index in [2.05, 4.69) is 41.4 Å². The summed E-state index contributed by atoms with van der Waals surface area (Å²) in [4.78, 5) is 11.8. The number of nitrogens with one attached hydrogen (secondary N) is 1. The second-order valence-electron chi connectivity index (χ2n) is 5.25. The Kier molecular flexibility index (Phi) is 3.82. The molecule has 3 nitrogen and oxygen atoms in total. The molecule has 106 valence electrons. The van der Waals surface area contributed by atoms with Gasteiger partial charge in [-0.15, -0.1) is 0 Å². The minimum atomic E-state index is -0.145. The molecule has 2 aromatic carbocycles. The number of unbranched alkanes of at least 4 members (excludes halogenated alkanes) is 1. The summed E-state index contributed by atoms with van der Waals surface area (Å²) in [6, 6.07) is 16.0. The quantitative estimate of drug-likeness (QED) is 0.786. The molecule has 3 aromatic rings. The topological polar surface area (TPSA) is 45.8 Å². The van der Waals surface area contributed by atoms with Gasteiger partial charge < -0.3 is 0 Å². The molecular weight excluding hydrogens is 260 g/mol. The number of aryl methyl sites for hydroxylation is 1. The van der Waals surface area contributed by atoms with E-state index < -0.39 is 0 Å². The molecule has 0 saturated carbocycles. The van der Waals surface area contributed by atoms with E-state index in [0.29, 0.717) is 5.39 Å². The molecule has 3 rings (SSSR count). The van der Waals surface area contributed by atoms with Gasteiger partial charge in [-0.1, -0.05) is 55.8 Å². The Morgan fingerprint density at radius 1 is 1.00 bits per heavy atom. The monoisotopic (exact) mass is 278 g/mol. The van der Waals surface area contributed by atoms with Gasteiger partial charge in [-0.3, -0.25) is 4.79 Å². The van der Waals surface area contributed by atoms with Crippen molar-refractivity contribution in [3.8, 4) is 11.3 Å². The lowest BCUT2D eigenvalue weighted by Gasteiger charge is -2.06. The maximum Gasteiger partial charge on any atom is 0.272 e. The molecule has 1 N–H and O–H groups in total. The SMILES string of the molecule is CCCCc1ccc(-c2n[nH]c(=O)c3ccccc23)cc1. The average Bonchev–Trinajstić information content (AvgIpc) is 2.54. The van der Waals surface area contributed by atoms with Crippen molar-refractivity contribution in [2.45, 2.75) is 26.2 Å². The molecule has 0 atom stereocenters. The zero-order valence-corrected chi connectivity index (χ0v) is 12.1. The van der Waals surface area contributed by atoms with Gasteiger partial charge in [0.25, 0.3) is 5.56 Å². The van der Waals surface area contributed by atoms with E-state index in [0.717, 1.165) is 23.1 Å². The van der Waals surface area contributed by atoms with Crippen LogP contribution in [0, 0.1) is 0 Å². The largest absolute Gasteiger partial charge is 0.272 e. The van der Waals surface area contributed by atoms with Gasteiger partial charge in [0.15, 0.2) is 0 Å². The fourth-order valence-corrected chi connectivity index (χ4v) is 2.54. The first-order valence-corrected chi connectivity index (χ1v) is 7.36. The van der Waals surface area contributed by atoms with Gasteiger partial charge in [-0.25, -0.2) is 5.10 Å². The number of nitrogens with zero attached hydrogens (tertiary/aromatic N) is 1. The van der Waals surface area contributed by atoms with Crippen LogP contribution in [0.15, 0.2) is 53.3 Å². The molecule has 0 fully saturated rings. The molecule has 0 radical (unpaired) electrons. The Bertz CT molecular complexity index is 803. The molecule has 0 spiro atoms. The van der Waals surface area contributed by atoms with E-state index in [9.17, 15) is 4.79 Å². The number of H-pyrrole nitrogens is 1. The van der Waals surface area contributed by atoms with Crippen LogP contribution in [0.1, 0.15) is 25.3 Å². The summed E-state index contributed by atoms with van der Waals surface area (Å²) in [5, 5.41) is 8.39. The van der Waals surface area contributed by atoms with E-state index in [1.807, 2.05) is 24.3 Å². The van der Waals surface area contributed by atoms with E-state index in [-0.39, 0.29) is 5.56 Å². The summed E-state index contributed by atoms with van der Waals surface area (Å²) >= 11 is 0. The molecule has 0 bridgehead atoms. The van der Waals surface area contributed by atoms with Crippen molar-refractivity contribution in [2.75, 3.05) is 0 Å². The normalized spacial score (nSPS) is 10.9. The number of benzene rings is 2. The minimum Gasteiger partial charge on any atom is -0.267 e. The van der Waals surface area contributed by atoms with Gasteiger partial charge in [0.05, 0.1) is 11.1 Å². The minimum absolute atomic E-state index is 0.145. The Labute approximate surface area is 123 Å². The summed E-state index contributed by atoms with van der Waals surface area (Å²) in [5.74, 6) is 0. The first kappa shape index (κ1) is 13.6. The summed E-state index contributed by atoms with van der Waals surface area (Å²) < 4.78 is 0. The lowest BCUT2D eigenvalue weighted by atomic mass is 10.0. The maximum atomic E-state index is 11.8. The van der Waals surface area contributed by atoms with Gasteiger partial charge in [0.1, 0.15) is 0 Å². The van der Waals surface area contributed by atoms with Crippen LogP contribution in [0.2, 0.25) is 0 Å². The Balaban J connectivity index is 2.04. The molecule has 0 aliphatic rings. The third-order valence-corrected chi connectivity index (χ3v) is 3.74. The van der Waals surface area contributed by atoms with Crippen molar-refractivity contribution in [3.63, 3.8) is 0 Å². The van der Waals surface area contributed by atoms with E-state index in [1.54, 1.807) is 0 Å². The van der Waals surface area contributed by atoms with E-state index >= 15 is 0 Å². The fraction of sp³-hybridized carbons (Fsp3) is 0.222. The van der Waals surface area contributed by atoms with Crippen molar-refractivity contribution in [2.24, 2.45) is 0 Å². The second kappa shape index (κ2) is 5.92. The summed E-state index contributed by atoms with van der Waals surface area (Å²) in [6.45, 7) is 2.20. The van der Waals surface area contributed by atoms with Gasteiger partial charge in [-0.05, 0) is 24.5 Å². The van der Waals surface area contributed by atoms with Crippen molar-refractivity contribution in [3.05, 3.63) is 64.4 Å². The van der Waals surface area contributed by atoms with Gasteiger partial charge >= 0.3 is 0 Å². The van der Waals surface area contributed by atoms with E-state index in [4.69, 9.17) is 0 Å². The smallest absolute Gasteiger partial charge is 0.267 e. The van der Waals surface area contributed by atoms with E-state index in [1.165, 1.54) is 18.4 Å². The number of hydrogen-bond acceptors (Lipinski definition) is 2. The molecule has 1 heterocycles. The average molecular weight is 278 g/mol. The zero-order valence-electron chi connectivity index (χ0n) is 12.1. The molecule has 21 heavy (non-hydrogen) atoms. The summed E-state index contributed by atoms with van der Waals surface area (Å²) in [7, 11) is 0. The summed E-state index contributed by atoms with van der Waals surface area (Å²) in [5.41, 5.74) is 3.05. The van der Waals surface area contributed by atoms with Crippen LogP contribution in [-0.4, -0.2) is 10.2 Å². The maximum absolute atomic E-state index is 11.8.